The normalized spacial score (nSPS) is 31.1. The summed E-state index contributed by atoms with van der Waals surface area (Å²) in [6.07, 6.45) is 0. The molecule has 0 saturated carbocycles. The summed E-state index contributed by atoms with van der Waals surface area (Å²) in [5.41, 5.74) is -0.881. The first-order valence-electron chi connectivity index (χ1n) is 4.44. The molecule has 0 bridgehead atoms. The Morgan fingerprint density at radius 3 is 2.64 bits per heavy atom. The third-order valence-electron chi connectivity index (χ3n) is 2.46. The van der Waals surface area contributed by atoms with E-state index in [9.17, 15) is 9.59 Å². The Labute approximate surface area is 82.9 Å². The summed E-state index contributed by atoms with van der Waals surface area (Å²) >= 11 is 0. The van der Waals surface area contributed by atoms with Gasteiger partial charge in [-0.2, -0.15) is 0 Å². The van der Waals surface area contributed by atoms with Gasteiger partial charge in [0.2, 0.25) is 5.60 Å². The molecule has 0 radical (unpaired) electrons. The standard InChI is InChI=1S/C10H14O4/c1-6(2)8(11)14-10(4)7(3)5-13-9(10)12/h7H,1,5H2,2-4H3. The van der Waals surface area contributed by atoms with Gasteiger partial charge >= 0.3 is 11.9 Å². The van der Waals surface area contributed by atoms with E-state index in [0.29, 0.717) is 6.61 Å². The first-order valence-corrected chi connectivity index (χ1v) is 4.44. The highest BCUT2D eigenvalue weighted by molar-refractivity contribution is 5.91. The number of carbonyl (C=O) groups excluding carboxylic acids is 2. The molecule has 1 aliphatic heterocycles. The van der Waals surface area contributed by atoms with Crippen LogP contribution in [0.5, 0.6) is 0 Å². The van der Waals surface area contributed by atoms with Crippen molar-refractivity contribution in [2.24, 2.45) is 5.92 Å². The highest BCUT2D eigenvalue weighted by atomic mass is 16.6. The molecule has 0 aromatic heterocycles. The van der Waals surface area contributed by atoms with Crippen LogP contribution in [-0.2, 0) is 19.1 Å². The Balaban J connectivity index is 2.79. The molecular weight excluding hydrogens is 184 g/mol. The Kier molecular flexibility index (Phi) is 2.64. The van der Waals surface area contributed by atoms with Crippen LogP contribution < -0.4 is 0 Å². The second-order valence-electron chi connectivity index (χ2n) is 3.78. The number of cyclic esters (lactones) is 1. The van der Waals surface area contributed by atoms with E-state index in [1.54, 1.807) is 13.8 Å². The van der Waals surface area contributed by atoms with Gasteiger partial charge in [-0.3, -0.25) is 0 Å². The van der Waals surface area contributed by atoms with E-state index in [2.05, 4.69) is 6.58 Å². The van der Waals surface area contributed by atoms with E-state index in [1.807, 2.05) is 0 Å². The average molecular weight is 198 g/mol. The van der Waals surface area contributed by atoms with Crippen LogP contribution >= 0.6 is 0 Å². The molecule has 4 nitrogen and oxygen atoms in total. The van der Waals surface area contributed by atoms with Crippen molar-refractivity contribution in [3.05, 3.63) is 12.2 Å². The number of carbonyl (C=O) groups is 2. The van der Waals surface area contributed by atoms with Gasteiger partial charge in [-0.15, -0.1) is 0 Å². The van der Waals surface area contributed by atoms with Gasteiger partial charge in [0.15, 0.2) is 0 Å². The van der Waals surface area contributed by atoms with Gasteiger partial charge in [-0.05, 0) is 13.8 Å². The van der Waals surface area contributed by atoms with Gasteiger partial charge in [0.1, 0.15) is 0 Å². The Hall–Kier alpha value is -1.32. The molecule has 0 spiro atoms. The molecule has 2 unspecified atom stereocenters. The smallest absolute Gasteiger partial charge is 0.350 e. The molecule has 0 aliphatic carbocycles. The zero-order valence-corrected chi connectivity index (χ0v) is 8.62. The first-order chi connectivity index (χ1) is 6.38. The van der Waals surface area contributed by atoms with Crippen LogP contribution in [0.1, 0.15) is 20.8 Å². The molecule has 78 valence electrons. The molecule has 0 N–H and O–H groups in total. The summed E-state index contributed by atoms with van der Waals surface area (Å²) in [4.78, 5) is 22.6. The van der Waals surface area contributed by atoms with Crippen LogP contribution in [0.4, 0.5) is 0 Å². The summed E-state index contributed by atoms with van der Waals surface area (Å²) < 4.78 is 9.89. The molecule has 1 rings (SSSR count). The summed E-state index contributed by atoms with van der Waals surface area (Å²) in [5.74, 6) is -1.17. The molecule has 1 fully saturated rings. The van der Waals surface area contributed by atoms with E-state index in [-0.39, 0.29) is 11.5 Å². The molecule has 0 aromatic rings. The third kappa shape index (κ3) is 1.64. The zero-order chi connectivity index (χ0) is 10.9. The predicted octanol–water partition coefficient (Wildman–Crippen LogP) is 1.06. The van der Waals surface area contributed by atoms with Gasteiger partial charge in [0.25, 0.3) is 0 Å². The lowest BCUT2D eigenvalue weighted by Gasteiger charge is -2.24. The van der Waals surface area contributed by atoms with Gasteiger partial charge in [0, 0.05) is 11.5 Å². The first kappa shape index (κ1) is 10.8. The van der Waals surface area contributed by atoms with E-state index in [1.165, 1.54) is 6.92 Å². The Morgan fingerprint density at radius 2 is 2.29 bits per heavy atom. The molecular formula is C10H14O4. The van der Waals surface area contributed by atoms with E-state index in [4.69, 9.17) is 9.47 Å². The van der Waals surface area contributed by atoms with E-state index >= 15 is 0 Å². The predicted molar refractivity (Wildman–Crippen MR) is 49.4 cm³/mol. The van der Waals surface area contributed by atoms with Crippen molar-refractivity contribution in [2.75, 3.05) is 6.61 Å². The van der Waals surface area contributed by atoms with E-state index in [0.717, 1.165) is 0 Å². The second-order valence-corrected chi connectivity index (χ2v) is 3.78. The van der Waals surface area contributed by atoms with Crippen molar-refractivity contribution in [1.29, 1.82) is 0 Å². The van der Waals surface area contributed by atoms with Crippen LogP contribution in [-0.4, -0.2) is 24.1 Å². The van der Waals surface area contributed by atoms with Crippen molar-refractivity contribution < 1.29 is 19.1 Å². The fraction of sp³-hybridized carbons (Fsp3) is 0.600. The molecule has 14 heavy (non-hydrogen) atoms. The van der Waals surface area contributed by atoms with Crippen molar-refractivity contribution in [3.8, 4) is 0 Å². The number of hydrogen-bond donors (Lipinski definition) is 0. The molecule has 0 aromatic carbocycles. The quantitative estimate of drug-likeness (QED) is 0.491. The molecule has 4 heteroatoms. The van der Waals surface area contributed by atoms with Crippen LogP contribution in [0.25, 0.3) is 0 Å². The van der Waals surface area contributed by atoms with Crippen molar-refractivity contribution in [1.82, 2.24) is 0 Å². The van der Waals surface area contributed by atoms with E-state index < -0.39 is 17.5 Å². The SMILES string of the molecule is C=C(C)C(=O)OC1(C)C(=O)OCC1C. The summed E-state index contributed by atoms with van der Waals surface area (Å²) in [5, 5.41) is 0. The van der Waals surface area contributed by atoms with Crippen molar-refractivity contribution in [3.63, 3.8) is 0 Å². The van der Waals surface area contributed by atoms with Crippen molar-refractivity contribution in [2.45, 2.75) is 26.4 Å². The van der Waals surface area contributed by atoms with Crippen molar-refractivity contribution >= 4 is 11.9 Å². The third-order valence-corrected chi connectivity index (χ3v) is 2.46. The van der Waals surface area contributed by atoms with Gasteiger partial charge in [-0.25, -0.2) is 9.59 Å². The van der Waals surface area contributed by atoms with Crippen LogP contribution in [0, 0.1) is 5.92 Å². The molecule has 1 saturated heterocycles. The van der Waals surface area contributed by atoms with Crippen LogP contribution in [0.2, 0.25) is 0 Å². The number of esters is 2. The lowest BCUT2D eigenvalue weighted by molar-refractivity contribution is -0.170. The van der Waals surface area contributed by atoms with Crippen LogP contribution in [0.3, 0.4) is 0 Å². The lowest BCUT2D eigenvalue weighted by atomic mass is 9.94. The topological polar surface area (TPSA) is 52.6 Å². The summed E-state index contributed by atoms with van der Waals surface area (Å²) in [7, 11) is 0. The fourth-order valence-corrected chi connectivity index (χ4v) is 1.13. The zero-order valence-electron chi connectivity index (χ0n) is 8.62. The Bertz CT molecular complexity index is 294. The Morgan fingerprint density at radius 1 is 1.71 bits per heavy atom. The highest BCUT2D eigenvalue weighted by Gasteiger charge is 2.49. The number of hydrogen-bond acceptors (Lipinski definition) is 4. The maximum atomic E-state index is 11.3. The highest BCUT2D eigenvalue weighted by Crippen LogP contribution is 2.30. The largest absolute Gasteiger partial charge is 0.462 e. The minimum atomic E-state index is -1.16. The monoisotopic (exact) mass is 198 g/mol. The fourth-order valence-electron chi connectivity index (χ4n) is 1.13. The maximum Gasteiger partial charge on any atom is 0.350 e. The number of ether oxygens (including phenoxy) is 2. The molecule has 0 amide bonds. The second kappa shape index (κ2) is 3.44. The maximum absolute atomic E-state index is 11.3. The van der Waals surface area contributed by atoms with Gasteiger partial charge in [0.05, 0.1) is 6.61 Å². The minimum absolute atomic E-state index is 0.127. The molecule has 2 atom stereocenters. The van der Waals surface area contributed by atoms with Gasteiger partial charge in [-0.1, -0.05) is 13.5 Å². The summed E-state index contributed by atoms with van der Waals surface area (Å²) in [6.45, 7) is 8.65. The lowest BCUT2D eigenvalue weighted by Crippen LogP contribution is -2.41. The molecule has 1 heterocycles. The number of rotatable bonds is 2. The summed E-state index contributed by atoms with van der Waals surface area (Å²) in [6, 6.07) is 0. The average Bonchev–Trinajstić information content (AvgIpc) is 2.33. The van der Waals surface area contributed by atoms with Crippen LogP contribution in [0.15, 0.2) is 12.2 Å². The van der Waals surface area contributed by atoms with Gasteiger partial charge < -0.3 is 9.47 Å². The molecule has 1 aliphatic rings. The minimum Gasteiger partial charge on any atom is -0.462 e.